The minimum absolute atomic E-state index is 0.108. The summed E-state index contributed by atoms with van der Waals surface area (Å²) in [5.74, 6) is -0.686. The molecular formula is C16H16ClFN2O. The first-order valence-electron chi connectivity index (χ1n) is 6.51. The van der Waals surface area contributed by atoms with Gasteiger partial charge in [-0.3, -0.25) is 4.79 Å². The number of carbonyl (C=O) groups excluding carboxylic acids is 1. The van der Waals surface area contributed by atoms with Crippen molar-refractivity contribution < 1.29 is 9.18 Å². The summed E-state index contributed by atoms with van der Waals surface area (Å²) in [6, 6.07) is 9.83. The zero-order valence-corrected chi connectivity index (χ0v) is 12.6. The Hall–Kier alpha value is -2.07. The second-order valence-corrected chi connectivity index (χ2v) is 5.31. The van der Waals surface area contributed by atoms with Crippen LogP contribution < -0.4 is 10.6 Å². The lowest BCUT2D eigenvalue weighted by Gasteiger charge is -2.10. The predicted octanol–water partition coefficient (Wildman–Crippen LogP) is 4.15. The first-order valence-corrected chi connectivity index (χ1v) is 6.89. The molecule has 0 fully saturated rings. The van der Waals surface area contributed by atoms with Crippen LogP contribution in [0, 0.1) is 19.7 Å². The van der Waals surface area contributed by atoms with E-state index in [2.05, 4.69) is 16.7 Å². The molecule has 110 valence electrons. The molecule has 0 heterocycles. The van der Waals surface area contributed by atoms with Gasteiger partial charge >= 0.3 is 0 Å². The summed E-state index contributed by atoms with van der Waals surface area (Å²) in [4.78, 5) is 11.9. The lowest BCUT2D eigenvalue weighted by molar-refractivity contribution is -0.114. The van der Waals surface area contributed by atoms with Crippen LogP contribution in [0.25, 0.3) is 0 Å². The van der Waals surface area contributed by atoms with Crippen molar-refractivity contribution >= 4 is 28.9 Å². The number of carbonyl (C=O) groups is 1. The molecule has 2 aromatic carbocycles. The molecule has 0 saturated heterocycles. The summed E-state index contributed by atoms with van der Waals surface area (Å²) >= 11 is 5.86. The molecule has 3 nitrogen and oxygen atoms in total. The molecule has 0 bridgehead atoms. The summed E-state index contributed by atoms with van der Waals surface area (Å²) in [6.45, 7) is 4.10. The monoisotopic (exact) mass is 306 g/mol. The number of rotatable bonds is 4. The van der Waals surface area contributed by atoms with E-state index in [1.165, 1.54) is 12.1 Å². The number of nitrogens with one attached hydrogen (secondary N) is 2. The maximum atomic E-state index is 12.9. The number of anilines is 2. The molecule has 0 radical (unpaired) electrons. The largest absolute Gasteiger partial charge is 0.376 e. The van der Waals surface area contributed by atoms with Crippen molar-refractivity contribution in [2.24, 2.45) is 0 Å². The number of aryl methyl sites for hydroxylation is 2. The Morgan fingerprint density at radius 3 is 2.43 bits per heavy atom. The Balaban J connectivity index is 1.95. The molecule has 0 aliphatic heterocycles. The third kappa shape index (κ3) is 4.46. The lowest BCUT2D eigenvalue weighted by atomic mass is 10.1. The van der Waals surface area contributed by atoms with Crippen LogP contribution >= 0.6 is 11.6 Å². The fourth-order valence-corrected chi connectivity index (χ4v) is 2.26. The Morgan fingerprint density at radius 2 is 1.81 bits per heavy atom. The van der Waals surface area contributed by atoms with Crippen molar-refractivity contribution in [2.75, 3.05) is 17.2 Å². The van der Waals surface area contributed by atoms with Gasteiger partial charge in [-0.1, -0.05) is 17.7 Å². The van der Waals surface area contributed by atoms with Crippen molar-refractivity contribution in [3.8, 4) is 0 Å². The van der Waals surface area contributed by atoms with Gasteiger partial charge in [-0.05, 0) is 55.3 Å². The molecule has 2 aromatic rings. The molecule has 1 amide bonds. The SMILES string of the molecule is Cc1cc(C)cc(NCC(=O)Nc2ccc(F)cc2Cl)c1. The normalized spacial score (nSPS) is 10.3. The highest BCUT2D eigenvalue weighted by Gasteiger charge is 2.07. The smallest absolute Gasteiger partial charge is 0.243 e. The second kappa shape index (κ2) is 6.59. The van der Waals surface area contributed by atoms with Crippen LogP contribution in [0.2, 0.25) is 5.02 Å². The summed E-state index contributed by atoms with van der Waals surface area (Å²) in [7, 11) is 0. The van der Waals surface area contributed by atoms with Crippen LogP contribution in [0.5, 0.6) is 0 Å². The maximum absolute atomic E-state index is 12.9. The van der Waals surface area contributed by atoms with Gasteiger partial charge in [0.05, 0.1) is 17.3 Å². The van der Waals surface area contributed by atoms with Gasteiger partial charge in [0.15, 0.2) is 0 Å². The third-order valence-corrected chi connectivity index (χ3v) is 3.19. The van der Waals surface area contributed by atoms with Gasteiger partial charge in [-0.15, -0.1) is 0 Å². The van der Waals surface area contributed by atoms with Crippen molar-refractivity contribution in [1.82, 2.24) is 0 Å². The highest BCUT2D eigenvalue weighted by molar-refractivity contribution is 6.33. The highest BCUT2D eigenvalue weighted by Crippen LogP contribution is 2.22. The van der Waals surface area contributed by atoms with Crippen molar-refractivity contribution in [3.05, 3.63) is 58.4 Å². The lowest BCUT2D eigenvalue weighted by Crippen LogP contribution is -2.22. The molecule has 0 aliphatic carbocycles. The van der Waals surface area contributed by atoms with Crippen molar-refractivity contribution in [1.29, 1.82) is 0 Å². The summed E-state index contributed by atoms with van der Waals surface area (Å²) in [6.07, 6.45) is 0. The minimum atomic E-state index is -0.439. The first kappa shape index (κ1) is 15.3. The molecule has 0 saturated carbocycles. The quantitative estimate of drug-likeness (QED) is 0.891. The van der Waals surface area contributed by atoms with Crippen LogP contribution in [-0.2, 0) is 4.79 Å². The Morgan fingerprint density at radius 1 is 1.14 bits per heavy atom. The van der Waals surface area contributed by atoms with E-state index in [1.54, 1.807) is 0 Å². The Kier molecular flexibility index (Phi) is 4.81. The molecular weight excluding hydrogens is 291 g/mol. The number of hydrogen-bond acceptors (Lipinski definition) is 2. The average molecular weight is 307 g/mol. The number of hydrogen-bond donors (Lipinski definition) is 2. The van der Waals surface area contributed by atoms with Crippen molar-refractivity contribution in [3.63, 3.8) is 0 Å². The highest BCUT2D eigenvalue weighted by atomic mass is 35.5. The van der Waals surface area contributed by atoms with Crippen LogP contribution in [-0.4, -0.2) is 12.5 Å². The first-order chi connectivity index (χ1) is 9.94. The molecule has 0 aliphatic rings. The Bertz CT molecular complexity index is 653. The summed E-state index contributed by atoms with van der Waals surface area (Å²) in [5.41, 5.74) is 3.53. The van der Waals surface area contributed by atoms with Gasteiger partial charge in [-0.2, -0.15) is 0 Å². The van der Waals surface area contributed by atoms with Gasteiger partial charge in [0, 0.05) is 5.69 Å². The fraction of sp³-hybridized carbons (Fsp3) is 0.188. The predicted molar refractivity (Wildman–Crippen MR) is 84.4 cm³/mol. The number of benzene rings is 2. The standard InChI is InChI=1S/C16H16ClFN2O/c1-10-5-11(2)7-13(6-10)19-9-16(21)20-15-4-3-12(18)8-14(15)17/h3-8,19H,9H2,1-2H3,(H,20,21). The zero-order valence-electron chi connectivity index (χ0n) is 11.8. The van der Waals surface area contributed by atoms with E-state index in [0.29, 0.717) is 5.69 Å². The third-order valence-electron chi connectivity index (χ3n) is 2.88. The number of halogens is 2. The number of amides is 1. The second-order valence-electron chi connectivity index (χ2n) is 4.90. The fourth-order valence-electron chi connectivity index (χ4n) is 2.04. The molecule has 21 heavy (non-hydrogen) atoms. The van der Waals surface area contributed by atoms with E-state index in [4.69, 9.17) is 11.6 Å². The molecule has 5 heteroatoms. The molecule has 2 rings (SSSR count). The van der Waals surface area contributed by atoms with E-state index in [9.17, 15) is 9.18 Å². The van der Waals surface area contributed by atoms with E-state index in [1.807, 2.05) is 26.0 Å². The van der Waals surface area contributed by atoms with E-state index in [-0.39, 0.29) is 17.5 Å². The van der Waals surface area contributed by atoms with Gasteiger partial charge in [0.2, 0.25) is 5.91 Å². The minimum Gasteiger partial charge on any atom is -0.376 e. The molecule has 0 aromatic heterocycles. The Labute approximate surface area is 128 Å². The topological polar surface area (TPSA) is 41.1 Å². The molecule has 0 atom stereocenters. The van der Waals surface area contributed by atoms with E-state index in [0.717, 1.165) is 22.9 Å². The van der Waals surface area contributed by atoms with Gasteiger partial charge in [0.25, 0.3) is 0 Å². The molecule has 2 N–H and O–H groups in total. The van der Waals surface area contributed by atoms with Crippen LogP contribution in [0.1, 0.15) is 11.1 Å². The van der Waals surface area contributed by atoms with Gasteiger partial charge in [-0.25, -0.2) is 4.39 Å². The average Bonchev–Trinajstić information content (AvgIpc) is 2.39. The summed E-state index contributed by atoms with van der Waals surface area (Å²) in [5, 5.41) is 5.86. The maximum Gasteiger partial charge on any atom is 0.243 e. The summed E-state index contributed by atoms with van der Waals surface area (Å²) < 4.78 is 12.9. The van der Waals surface area contributed by atoms with E-state index >= 15 is 0 Å². The van der Waals surface area contributed by atoms with Gasteiger partial charge < -0.3 is 10.6 Å². The van der Waals surface area contributed by atoms with Crippen LogP contribution in [0.4, 0.5) is 15.8 Å². The van der Waals surface area contributed by atoms with Gasteiger partial charge in [0.1, 0.15) is 5.82 Å². The molecule has 0 spiro atoms. The van der Waals surface area contributed by atoms with Crippen molar-refractivity contribution in [2.45, 2.75) is 13.8 Å². The molecule has 0 unspecified atom stereocenters. The van der Waals surface area contributed by atoms with Crippen LogP contribution in [0.3, 0.4) is 0 Å². The van der Waals surface area contributed by atoms with E-state index < -0.39 is 5.82 Å². The van der Waals surface area contributed by atoms with Crippen LogP contribution in [0.15, 0.2) is 36.4 Å². The zero-order chi connectivity index (χ0) is 15.4.